The summed E-state index contributed by atoms with van der Waals surface area (Å²) in [6, 6.07) is 0.257. The summed E-state index contributed by atoms with van der Waals surface area (Å²) in [5, 5.41) is 6.68. The predicted octanol–water partition coefficient (Wildman–Crippen LogP) is 2.18. The molecule has 1 atom stereocenters. The molecule has 2 N–H and O–H groups in total. The molecular formula is C16H32ClN3O. The van der Waals surface area contributed by atoms with E-state index in [1.807, 2.05) is 0 Å². The molecule has 124 valence electrons. The Labute approximate surface area is 135 Å². The summed E-state index contributed by atoms with van der Waals surface area (Å²) in [5.74, 6) is 0.684. The van der Waals surface area contributed by atoms with Crippen LogP contribution in [0.4, 0.5) is 0 Å². The standard InChI is InChI=1S/C16H31N3O.ClH/c1-13(2)14(3)18-15(20)11-19-10-9-17-12-16(19)7-5-4-6-8-16;/h13-14,17H,4-12H2,1-3H3,(H,18,20);1H. The first-order valence-electron chi connectivity index (χ1n) is 8.29. The minimum atomic E-state index is 0. The van der Waals surface area contributed by atoms with Gasteiger partial charge in [-0.05, 0) is 25.7 Å². The number of nitrogens with one attached hydrogen (secondary N) is 2. The van der Waals surface area contributed by atoms with Crippen LogP contribution < -0.4 is 10.6 Å². The average molecular weight is 318 g/mol. The molecule has 2 fully saturated rings. The van der Waals surface area contributed by atoms with Crippen molar-refractivity contribution >= 4 is 18.3 Å². The number of hydrogen-bond acceptors (Lipinski definition) is 3. The molecule has 1 unspecified atom stereocenters. The van der Waals surface area contributed by atoms with Gasteiger partial charge in [0.05, 0.1) is 6.54 Å². The molecule has 1 amide bonds. The topological polar surface area (TPSA) is 44.4 Å². The second-order valence-electron chi connectivity index (χ2n) is 6.98. The summed E-state index contributed by atoms with van der Waals surface area (Å²) < 4.78 is 0. The minimum absolute atomic E-state index is 0. The van der Waals surface area contributed by atoms with Gasteiger partial charge in [0, 0.05) is 31.2 Å². The smallest absolute Gasteiger partial charge is 0.234 e. The second-order valence-corrected chi connectivity index (χ2v) is 6.98. The van der Waals surface area contributed by atoms with E-state index in [0.29, 0.717) is 12.5 Å². The van der Waals surface area contributed by atoms with Gasteiger partial charge in [-0.1, -0.05) is 33.1 Å². The predicted molar refractivity (Wildman–Crippen MR) is 89.9 cm³/mol. The Morgan fingerprint density at radius 1 is 1.24 bits per heavy atom. The zero-order chi connectivity index (χ0) is 14.6. The summed E-state index contributed by atoms with van der Waals surface area (Å²) >= 11 is 0. The third-order valence-electron chi connectivity index (χ3n) is 5.19. The summed E-state index contributed by atoms with van der Waals surface area (Å²) in [7, 11) is 0. The zero-order valence-electron chi connectivity index (χ0n) is 13.8. The van der Waals surface area contributed by atoms with Crippen LogP contribution in [0.5, 0.6) is 0 Å². The fourth-order valence-corrected chi connectivity index (χ4v) is 3.47. The van der Waals surface area contributed by atoms with Gasteiger partial charge in [0.1, 0.15) is 0 Å². The molecule has 21 heavy (non-hydrogen) atoms. The second kappa shape index (κ2) is 8.35. The molecule has 1 aliphatic heterocycles. The lowest BCUT2D eigenvalue weighted by Crippen LogP contribution is -2.63. The van der Waals surface area contributed by atoms with Gasteiger partial charge in [-0.2, -0.15) is 0 Å². The SMILES string of the molecule is CC(C)C(C)NC(=O)CN1CCNCC12CCCCC2.Cl. The van der Waals surface area contributed by atoms with E-state index in [0.717, 1.165) is 19.6 Å². The first kappa shape index (κ1) is 18.7. The number of rotatable bonds is 4. The Kier molecular flexibility index (Phi) is 7.45. The maximum atomic E-state index is 12.3. The van der Waals surface area contributed by atoms with E-state index in [1.165, 1.54) is 32.1 Å². The number of piperazine rings is 1. The van der Waals surface area contributed by atoms with E-state index in [4.69, 9.17) is 0 Å². The van der Waals surface area contributed by atoms with Crippen LogP contribution in [-0.2, 0) is 4.79 Å². The Hall–Kier alpha value is -0.320. The normalized spacial score (nSPS) is 23.6. The van der Waals surface area contributed by atoms with Crippen LogP contribution in [0.3, 0.4) is 0 Å². The van der Waals surface area contributed by atoms with Crippen LogP contribution in [0.25, 0.3) is 0 Å². The lowest BCUT2D eigenvalue weighted by Gasteiger charge is -2.49. The summed E-state index contributed by atoms with van der Waals surface area (Å²) in [4.78, 5) is 14.7. The van der Waals surface area contributed by atoms with Crippen LogP contribution in [-0.4, -0.2) is 48.6 Å². The minimum Gasteiger partial charge on any atom is -0.352 e. The molecule has 2 rings (SSSR count). The van der Waals surface area contributed by atoms with Crippen molar-refractivity contribution in [1.29, 1.82) is 0 Å². The van der Waals surface area contributed by atoms with E-state index < -0.39 is 0 Å². The van der Waals surface area contributed by atoms with Crippen molar-refractivity contribution in [3.05, 3.63) is 0 Å². The Balaban J connectivity index is 0.00000220. The van der Waals surface area contributed by atoms with Gasteiger partial charge >= 0.3 is 0 Å². The van der Waals surface area contributed by atoms with Crippen molar-refractivity contribution in [2.24, 2.45) is 5.92 Å². The fourth-order valence-electron chi connectivity index (χ4n) is 3.47. The van der Waals surface area contributed by atoms with Crippen LogP contribution >= 0.6 is 12.4 Å². The number of halogens is 1. The molecule has 0 bridgehead atoms. The summed E-state index contributed by atoms with van der Waals surface area (Å²) in [6.07, 6.45) is 6.45. The molecule has 1 saturated carbocycles. The highest BCUT2D eigenvalue weighted by atomic mass is 35.5. The van der Waals surface area contributed by atoms with Crippen molar-refractivity contribution < 1.29 is 4.79 Å². The molecule has 1 heterocycles. The average Bonchev–Trinajstić information content (AvgIpc) is 2.42. The van der Waals surface area contributed by atoms with E-state index in [-0.39, 0.29) is 29.9 Å². The van der Waals surface area contributed by atoms with Crippen molar-refractivity contribution in [1.82, 2.24) is 15.5 Å². The van der Waals surface area contributed by atoms with Crippen molar-refractivity contribution in [2.75, 3.05) is 26.2 Å². The molecule has 0 radical (unpaired) electrons. The van der Waals surface area contributed by atoms with E-state index >= 15 is 0 Å². The highest BCUT2D eigenvalue weighted by Crippen LogP contribution is 2.34. The number of carbonyl (C=O) groups excluding carboxylic acids is 1. The Bertz CT molecular complexity index is 321. The third-order valence-corrected chi connectivity index (χ3v) is 5.19. The van der Waals surface area contributed by atoms with Gasteiger partial charge in [0.2, 0.25) is 5.91 Å². The molecule has 0 aromatic rings. The van der Waals surface area contributed by atoms with Crippen molar-refractivity contribution in [3.8, 4) is 0 Å². The largest absolute Gasteiger partial charge is 0.352 e. The highest BCUT2D eigenvalue weighted by molar-refractivity contribution is 5.85. The summed E-state index contributed by atoms with van der Waals surface area (Å²) in [5.41, 5.74) is 0.245. The maximum absolute atomic E-state index is 12.3. The fraction of sp³-hybridized carbons (Fsp3) is 0.938. The van der Waals surface area contributed by atoms with Crippen molar-refractivity contribution in [2.45, 2.75) is 64.5 Å². The number of carbonyl (C=O) groups is 1. The number of hydrogen-bond donors (Lipinski definition) is 2. The van der Waals surface area contributed by atoms with Gasteiger partial charge in [0.15, 0.2) is 0 Å². The van der Waals surface area contributed by atoms with Gasteiger partial charge < -0.3 is 10.6 Å². The first-order chi connectivity index (χ1) is 9.53. The number of amides is 1. The van der Waals surface area contributed by atoms with Crippen LogP contribution in [0.15, 0.2) is 0 Å². The maximum Gasteiger partial charge on any atom is 0.234 e. The van der Waals surface area contributed by atoms with Gasteiger partial charge in [-0.25, -0.2) is 0 Å². The molecule has 5 heteroatoms. The number of nitrogens with zero attached hydrogens (tertiary/aromatic N) is 1. The molecular weight excluding hydrogens is 286 g/mol. The first-order valence-corrected chi connectivity index (χ1v) is 8.29. The van der Waals surface area contributed by atoms with Crippen LogP contribution in [0, 0.1) is 5.92 Å². The molecule has 0 aromatic carbocycles. The third kappa shape index (κ3) is 4.83. The Morgan fingerprint density at radius 2 is 1.90 bits per heavy atom. The van der Waals surface area contributed by atoms with Gasteiger partial charge in [0.25, 0.3) is 0 Å². The van der Waals surface area contributed by atoms with Gasteiger partial charge in [-0.3, -0.25) is 9.69 Å². The summed E-state index contributed by atoms with van der Waals surface area (Å²) in [6.45, 7) is 10.0. The molecule has 1 saturated heterocycles. The molecule has 1 spiro atoms. The zero-order valence-corrected chi connectivity index (χ0v) is 14.6. The quantitative estimate of drug-likeness (QED) is 0.835. The van der Waals surface area contributed by atoms with Crippen LogP contribution in [0.1, 0.15) is 52.9 Å². The van der Waals surface area contributed by atoms with Crippen molar-refractivity contribution in [3.63, 3.8) is 0 Å². The molecule has 4 nitrogen and oxygen atoms in total. The lowest BCUT2D eigenvalue weighted by molar-refractivity contribution is -0.125. The highest BCUT2D eigenvalue weighted by Gasteiger charge is 2.40. The monoisotopic (exact) mass is 317 g/mol. The molecule has 0 aromatic heterocycles. The van der Waals surface area contributed by atoms with E-state index in [9.17, 15) is 4.79 Å². The van der Waals surface area contributed by atoms with E-state index in [2.05, 4.69) is 36.3 Å². The molecule has 1 aliphatic carbocycles. The van der Waals surface area contributed by atoms with Gasteiger partial charge in [-0.15, -0.1) is 12.4 Å². The van der Waals surface area contributed by atoms with Crippen LogP contribution in [0.2, 0.25) is 0 Å². The Morgan fingerprint density at radius 3 is 2.52 bits per heavy atom. The lowest BCUT2D eigenvalue weighted by atomic mass is 9.79. The molecule has 2 aliphatic rings. The van der Waals surface area contributed by atoms with E-state index in [1.54, 1.807) is 0 Å².